The Kier molecular flexibility index (Phi) is 75.4. The summed E-state index contributed by atoms with van der Waals surface area (Å²) in [6.07, 6.45) is 106. The van der Waals surface area contributed by atoms with E-state index in [0.717, 1.165) is 44.9 Å². The highest BCUT2D eigenvalue weighted by molar-refractivity contribution is 7.47. The van der Waals surface area contributed by atoms with Gasteiger partial charge in [0.15, 0.2) is 0 Å². The molecular weight excluding hydrogens is 1190 g/mol. The Bertz CT molecular complexity index is 1690. The van der Waals surface area contributed by atoms with Crippen LogP contribution in [0.1, 0.15) is 444 Å². The van der Waals surface area contributed by atoms with Crippen LogP contribution in [0.5, 0.6) is 0 Å². The Balaban J connectivity index is 3.90. The van der Waals surface area contributed by atoms with Crippen LogP contribution in [-0.4, -0.2) is 73.4 Å². The Hall–Kier alpha value is -1.54. The number of nitrogens with zero attached hydrogens (tertiary/aromatic N) is 1. The number of allylic oxidation sites excluding steroid dienone is 7. The van der Waals surface area contributed by atoms with Gasteiger partial charge in [0.25, 0.3) is 0 Å². The maximum atomic E-state index is 13.1. The predicted octanol–water partition coefficient (Wildman–Crippen LogP) is 28.1. The number of quaternary nitrogens is 1. The van der Waals surface area contributed by atoms with Crippen molar-refractivity contribution in [1.29, 1.82) is 0 Å². The molecule has 0 aliphatic rings. The molecule has 9 heteroatoms. The van der Waals surface area contributed by atoms with E-state index in [1.807, 2.05) is 27.2 Å². The normalized spacial score (nSPS) is 13.6. The van der Waals surface area contributed by atoms with Crippen molar-refractivity contribution in [3.05, 3.63) is 48.6 Å². The molecule has 1 amide bonds. The summed E-state index contributed by atoms with van der Waals surface area (Å²) in [5.41, 5.74) is 0. The number of likely N-dealkylation sites (N-methyl/N-ethyl adjacent to an activating group) is 1. The molecule has 0 rings (SSSR count). The lowest BCUT2D eigenvalue weighted by Gasteiger charge is -2.25. The van der Waals surface area contributed by atoms with Crippen LogP contribution in [0.2, 0.25) is 0 Å². The molecule has 0 radical (unpaired) electrons. The highest BCUT2D eigenvalue weighted by atomic mass is 31.2. The minimum absolute atomic E-state index is 0.0639. The van der Waals surface area contributed by atoms with E-state index in [9.17, 15) is 19.4 Å². The summed E-state index contributed by atoms with van der Waals surface area (Å²) in [6.45, 7) is 4.87. The second-order valence-electron chi connectivity index (χ2n) is 30.6. The monoisotopic (exact) mass is 1360 g/mol. The average Bonchev–Trinajstić information content (AvgIpc) is 2.01. The molecule has 0 aromatic rings. The number of aliphatic hydroxyl groups excluding tert-OH is 1. The van der Waals surface area contributed by atoms with E-state index in [4.69, 9.17) is 9.05 Å². The standard InChI is InChI=1S/C86H167N2O6P/c1-6-8-10-12-14-16-18-20-22-24-26-28-30-32-34-36-38-40-41-42-43-44-45-46-47-48-50-52-54-56-58-60-62-64-66-68-70-72-74-76-78-80-86(90)87-84(83-94-95(91,92)93-82-81-88(3,4)5)85(89)79-77-75-73-71-69-67-65-63-61-59-57-55-53-51-49-39-37-35-33-31-29-27-25-23-21-19-17-15-13-11-9-7-2/h18,20,24,26,30,32,77,79,84-85,89H,6-17,19,21-23,25,27-29,31,33-76,78,80-83H2,1-5H3,(H-,87,90,91,92)/p+1/b20-18-,26-24-,32-30-,79-77+. The van der Waals surface area contributed by atoms with Crippen molar-refractivity contribution in [2.75, 3.05) is 40.9 Å². The van der Waals surface area contributed by atoms with E-state index in [0.29, 0.717) is 17.4 Å². The van der Waals surface area contributed by atoms with Gasteiger partial charge in [-0.2, -0.15) is 0 Å². The number of amides is 1. The molecule has 8 nitrogen and oxygen atoms in total. The zero-order valence-corrected chi connectivity index (χ0v) is 65.6. The van der Waals surface area contributed by atoms with Crippen LogP contribution in [-0.2, 0) is 18.4 Å². The number of phosphoric acid groups is 1. The third-order valence-corrected chi connectivity index (χ3v) is 20.8. The Morgan fingerprint density at radius 2 is 0.600 bits per heavy atom. The smallest absolute Gasteiger partial charge is 0.387 e. The summed E-state index contributed by atoms with van der Waals surface area (Å²) in [5, 5.41) is 14.1. The Morgan fingerprint density at radius 3 is 0.874 bits per heavy atom. The predicted molar refractivity (Wildman–Crippen MR) is 420 cm³/mol. The third kappa shape index (κ3) is 79.7. The van der Waals surface area contributed by atoms with Crippen molar-refractivity contribution in [2.45, 2.75) is 456 Å². The molecule has 0 heterocycles. The largest absolute Gasteiger partial charge is 0.472 e. The molecule has 0 saturated carbocycles. The van der Waals surface area contributed by atoms with Gasteiger partial charge in [-0.3, -0.25) is 13.8 Å². The van der Waals surface area contributed by atoms with Gasteiger partial charge in [0.2, 0.25) is 5.91 Å². The number of hydrogen-bond acceptors (Lipinski definition) is 5. The minimum atomic E-state index is -4.36. The molecule has 3 atom stereocenters. The molecule has 3 unspecified atom stereocenters. The maximum absolute atomic E-state index is 13.1. The quantitative estimate of drug-likeness (QED) is 0.0243. The van der Waals surface area contributed by atoms with Gasteiger partial charge in [-0.15, -0.1) is 0 Å². The lowest BCUT2D eigenvalue weighted by atomic mass is 10.0. The van der Waals surface area contributed by atoms with Crippen molar-refractivity contribution in [2.24, 2.45) is 0 Å². The van der Waals surface area contributed by atoms with Crippen molar-refractivity contribution >= 4 is 13.7 Å². The van der Waals surface area contributed by atoms with Gasteiger partial charge in [-0.25, -0.2) is 4.57 Å². The number of carbonyl (C=O) groups excluding carboxylic acids is 1. The van der Waals surface area contributed by atoms with Crippen LogP contribution in [0.15, 0.2) is 48.6 Å². The number of rotatable bonds is 80. The molecular formula is C86H168N2O6P+. The zero-order chi connectivity index (χ0) is 69.0. The minimum Gasteiger partial charge on any atom is -0.387 e. The summed E-state index contributed by atoms with van der Waals surface area (Å²) in [4.78, 5) is 23.5. The molecule has 3 N–H and O–H groups in total. The van der Waals surface area contributed by atoms with Crippen molar-refractivity contribution in [1.82, 2.24) is 5.32 Å². The molecule has 0 aliphatic carbocycles. The first-order valence-corrected chi connectivity index (χ1v) is 44.0. The van der Waals surface area contributed by atoms with Gasteiger partial charge in [-0.1, -0.05) is 428 Å². The summed E-state index contributed by atoms with van der Waals surface area (Å²) in [6, 6.07) is -0.848. The zero-order valence-electron chi connectivity index (χ0n) is 64.7. The van der Waals surface area contributed by atoms with Gasteiger partial charge >= 0.3 is 7.82 Å². The number of aliphatic hydroxyl groups is 1. The van der Waals surface area contributed by atoms with Crippen LogP contribution in [0.4, 0.5) is 0 Å². The van der Waals surface area contributed by atoms with Crippen LogP contribution >= 0.6 is 7.82 Å². The van der Waals surface area contributed by atoms with E-state index in [2.05, 4.69) is 55.6 Å². The third-order valence-electron chi connectivity index (χ3n) is 19.8. The van der Waals surface area contributed by atoms with Crippen molar-refractivity contribution < 1.29 is 32.9 Å². The molecule has 0 bridgehead atoms. The number of nitrogens with one attached hydrogen (secondary N) is 1. The molecule has 562 valence electrons. The second kappa shape index (κ2) is 76.6. The average molecular weight is 1360 g/mol. The fourth-order valence-electron chi connectivity index (χ4n) is 13.2. The summed E-state index contributed by atoms with van der Waals surface area (Å²) < 4.78 is 23.9. The van der Waals surface area contributed by atoms with Gasteiger partial charge < -0.3 is 19.8 Å². The molecule has 0 spiro atoms. The highest BCUT2D eigenvalue weighted by Crippen LogP contribution is 2.43. The maximum Gasteiger partial charge on any atom is 0.472 e. The molecule has 0 fully saturated rings. The van der Waals surface area contributed by atoms with Gasteiger partial charge in [0.1, 0.15) is 13.2 Å². The van der Waals surface area contributed by atoms with Gasteiger partial charge in [-0.05, 0) is 57.8 Å². The molecule has 0 aromatic heterocycles. The highest BCUT2D eigenvalue weighted by Gasteiger charge is 2.28. The van der Waals surface area contributed by atoms with Crippen LogP contribution in [0.3, 0.4) is 0 Å². The Morgan fingerprint density at radius 1 is 0.358 bits per heavy atom. The Labute approximate surface area is 594 Å². The topological polar surface area (TPSA) is 105 Å². The number of unbranched alkanes of at least 4 members (excludes halogenated alkanes) is 61. The van der Waals surface area contributed by atoms with Gasteiger partial charge in [0.05, 0.1) is 39.9 Å². The van der Waals surface area contributed by atoms with Crippen molar-refractivity contribution in [3.8, 4) is 0 Å². The van der Waals surface area contributed by atoms with Crippen LogP contribution < -0.4 is 5.32 Å². The fourth-order valence-corrected chi connectivity index (χ4v) is 14.0. The summed E-state index contributed by atoms with van der Waals surface area (Å²) in [7, 11) is 1.60. The van der Waals surface area contributed by atoms with Crippen molar-refractivity contribution in [3.63, 3.8) is 0 Å². The van der Waals surface area contributed by atoms with E-state index in [-0.39, 0.29) is 19.1 Å². The number of carbonyl (C=O) groups is 1. The lowest BCUT2D eigenvalue weighted by molar-refractivity contribution is -0.870. The van der Waals surface area contributed by atoms with Crippen LogP contribution in [0, 0.1) is 0 Å². The summed E-state index contributed by atoms with van der Waals surface area (Å²) in [5.74, 6) is -0.167. The SMILES string of the molecule is CCCCCCC/C=C\C/C=C\C/C=C\CCCCCCCCCCCCCCCCCCCCCCCCCCCCC(=O)NC(COP(=O)(O)OCC[N+](C)(C)C)C(O)/C=C/CCCCCCCCCCCCCCCCCCCCCCCCCCCCCCCC. The first-order valence-electron chi connectivity index (χ1n) is 42.5. The van der Waals surface area contributed by atoms with E-state index < -0.39 is 20.0 Å². The van der Waals surface area contributed by atoms with E-state index in [1.54, 1.807) is 6.08 Å². The molecule has 0 aliphatic heterocycles. The first kappa shape index (κ1) is 93.5. The van der Waals surface area contributed by atoms with Gasteiger partial charge in [0, 0.05) is 6.42 Å². The van der Waals surface area contributed by atoms with Crippen LogP contribution in [0.25, 0.3) is 0 Å². The van der Waals surface area contributed by atoms with E-state index in [1.165, 1.54) is 379 Å². The summed E-state index contributed by atoms with van der Waals surface area (Å²) >= 11 is 0. The second-order valence-corrected chi connectivity index (χ2v) is 32.0. The lowest BCUT2D eigenvalue weighted by Crippen LogP contribution is -2.45. The molecule has 95 heavy (non-hydrogen) atoms. The molecule has 0 aromatic carbocycles. The fraction of sp³-hybridized carbons (Fsp3) is 0.895. The number of hydrogen-bond donors (Lipinski definition) is 3. The number of phosphoric ester groups is 1. The van der Waals surface area contributed by atoms with E-state index >= 15 is 0 Å². The molecule has 0 saturated heterocycles. The first-order chi connectivity index (χ1) is 46.5.